The molecule has 0 fully saturated rings. The van der Waals surface area contributed by atoms with Crippen LogP contribution in [0.5, 0.6) is 0 Å². The Labute approximate surface area is 165 Å². The molecular formula is C23H21NO3S. The number of nitrogens with zero attached hydrogens (tertiary/aromatic N) is 1. The average Bonchev–Trinajstić information content (AvgIpc) is 2.70. The molecule has 0 aliphatic rings. The first kappa shape index (κ1) is 19.6. The van der Waals surface area contributed by atoms with Crippen LogP contribution in [0.25, 0.3) is 6.08 Å². The van der Waals surface area contributed by atoms with Crippen LogP contribution in [0.1, 0.15) is 16.7 Å². The van der Waals surface area contributed by atoms with Crippen LogP contribution in [0, 0.1) is 6.92 Å². The molecule has 3 aromatic carbocycles. The summed E-state index contributed by atoms with van der Waals surface area (Å²) in [5.74, 6) is -0.515. The maximum absolute atomic E-state index is 13.2. The molecule has 142 valence electrons. The minimum atomic E-state index is -4.01. The molecule has 0 unspecified atom stereocenters. The largest absolute Gasteiger partial charge is 0.273 e. The third kappa shape index (κ3) is 4.75. The third-order valence-corrected chi connectivity index (χ3v) is 5.93. The molecule has 28 heavy (non-hydrogen) atoms. The van der Waals surface area contributed by atoms with Gasteiger partial charge in [0, 0.05) is 6.20 Å². The molecule has 1 amide bonds. The van der Waals surface area contributed by atoms with Gasteiger partial charge < -0.3 is 0 Å². The van der Waals surface area contributed by atoms with Crippen LogP contribution in [-0.2, 0) is 21.2 Å². The Hall–Kier alpha value is -3.18. The Morgan fingerprint density at radius 1 is 0.857 bits per heavy atom. The summed E-state index contributed by atoms with van der Waals surface area (Å²) in [4.78, 5) is 13.0. The lowest BCUT2D eigenvalue weighted by atomic mass is 10.1. The van der Waals surface area contributed by atoms with Gasteiger partial charge in [0.2, 0.25) is 5.91 Å². The van der Waals surface area contributed by atoms with Crippen molar-refractivity contribution >= 4 is 22.0 Å². The molecule has 3 aromatic rings. The third-order valence-electron chi connectivity index (χ3n) is 4.22. The molecule has 0 N–H and O–H groups in total. The molecule has 0 aliphatic carbocycles. The number of carbonyl (C=O) groups is 1. The summed E-state index contributed by atoms with van der Waals surface area (Å²) in [7, 11) is -4.01. The van der Waals surface area contributed by atoms with Gasteiger partial charge in [-0.25, -0.2) is 12.7 Å². The lowest BCUT2D eigenvalue weighted by molar-refractivity contribution is -0.124. The molecule has 5 heteroatoms. The quantitative estimate of drug-likeness (QED) is 0.625. The molecule has 0 saturated heterocycles. The Kier molecular flexibility index (Phi) is 6.06. The van der Waals surface area contributed by atoms with Crippen LogP contribution in [0.15, 0.2) is 96.0 Å². The van der Waals surface area contributed by atoms with Crippen molar-refractivity contribution < 1.29 is 13.2 Å². The summed E-state index contributed by atoms with van der Waals surface area (Å²) in [6.45, 7) is 1.88. The highest BCUT2D eigenvalue weighted by Crippen LogP contribution is 2.19. The van der Waals surface area contributed by atoms with E-state index >= 15 is 0 Å². The highest BCUT2D eigenvalue weighted by Gasteiger charge is 2.27. The Balaban J connectivity index is 1.96. The molecule has 0 radical (unpaired) electrons. The van der Waals surface area contributed by atoms with Crippen LogP contribution in [0.3, 0.4) is 0 Å². The fourth-order valence-electron chi connectivity index (χ4n) is 2.69. The van der Waals surface area contributed by atoms with Gasteiger partial charge in [-0.15, -0.1) is 0 Å². The number of hydrogen-bond donors (Lipinski definition) is 0. The second-order valence-corrected chi connectivity index (χ2v) is 8.21. The fourth-order valence-corrected chi connectivity index (χ4v) is 3.95. The van der Waals surface area contributed by atoms with Crippen molar-refractivity contribution in [3.63, 3.8) is 0 Å². The van der Waals surface area contributed by atoms with Gasteiger partial charge in [0.15, 0.2) is 0 Å². The molecule has 0 heterocycles. The van der Waals surface area contributed by atoms with E-state index in [2.05, 4.69) is 0 Å². The summed E-state index contributed by atoms with van der Waals surface area (Å²) in [5, 5.41) is 0. The predicted octanol–water partition coefficient (Wildman–Crippen LogP) is 4.43. The zero-order valence-corrected chi connectivity index (χ0v) is 16.3. The van der Waals surface area contributed by atoms with Gasteiger partial charge in [0.25, 0.3) is 10.0 Å². The highest BCUT2D eigenvalue weighted by molar-refractivity contribution is 7.89. The first-order valence-electron chi connectivity index (χ1n) is 8.88. The van der Waals surface area contributed by atoms with Gasteiger partial charge in [-0.1, -0.05) is 78.4 Å². The van der Waals surface area contributed by atoms with Crippen LogP contribution in [0.4, 0.5) is 0 Å². The van der Waals surface area contributed by atoms with Crippen LogP contribution in [-0.4, -0.2) is 18.6 Å². The van der Waals surface area contributed by atoms with Gasteiger partial charge in [-0.3, -0.25) is 4.79 Å². The van der Waals surface area contributed by atoms with Crippen LogP contribution < -0.4 is 0 Å². The molecule has 0 aromatic heterocycles. The van der Waals surface area contributed by atoms with E-state index in [1.165, 1.54) is 18.3 Å². The number of carbonyl (C=O) groups excluding carboxylic acids is 1. The normalized spacial score (nSPS) is 11.5. The number of aryl methyl sites for hydroxylation is 1. The van der Waals surface area contributed by atoms with E-state index in [9.17, 15) is 13.2 Å². The van der Waals surface area contributed by atoms with Crippen LogP contribution >= 0.6 is 0 Å². The second kappa shape index (κ2) is 8.67. The molecule has 0 bridgehead atoms. The Bertz CT molecular complexity index is 1060. The molecule has 0 spiro atoms. The number of amides is 1. The first-order valence-corrected chi connectivity index (χ1v) is 10.3. The van der Waals surface area contributed by atoms with Gasteiger partial charge in [-0.05, 0) is 36.3 Å². The van der Waals surface area contributed by atoms with Gasteiger partial charge >= 0.3 is 0 Å². The van der Waals surface area contributed by atoms with Crippen molar-refractivity contribution in [3.05, 3.63) is 108 Å². The molecule has 3 rings (SSSR count). The predicted molar refractivity (Wildman–Crippen MR) is 111 cm³/mol. The molecule has 4 nitrogen and oxygen atoms in total. The Morgan fingerprint density at radius 2 is 1.43 bits per heavy atom. The highest BCUT2D eigenvalue weighted by atomic mass is 32.2. The number of sulfonamides is 1. The summed E-state index contributed by atoms with van der Waals surface area (Å²) in [6, 6.07) is 24.8. The van der Waals surface area contributed by atoms with E-state index in [1.807, 2.05) is 55.5 Å². The van der Waals surface area contributed by atoms with Gasteiger partial charge in [0.1, 0.15) is 0 Å². The zero-order valence-electron chi connectivity index (χ0n) is 15.5. The van der Waals surface area contributed by atoms with E-state index < -0.39 is 15.9 Å². The van der Waals surface area contributed by atoms with Gasteiger partial charge in [0.05, 0.1) is 11.3 Å². The molecule has 0 saturated carbocycles. The van der Waals surface area contributed by atoms with Crippen molar-refractivity contribution in [2.45, 2.75) is 18.2 Å². The monoisotopic (exact) mass is 391 g/mol. The molecule has 0 atom stereocenters. The van der Waals surface area contributed by atoms with E-state index in [1.54, 1.807) is 30.3 Å². The number of hydrogen-bond acceptors (Lipinski definition) is 3. The second-order valence-electron chi connectivity index (χ2n) is 6.40. The van der Waals surface area contributed by atoms with Crippen molar-refractivity contribution in [1.29, 1.82) is 0 Å². The topological polar surface area (TPSA) is 54.5 Å². The minimum Gasteiger partial charge on any atom is -0.273 e. The van der Waals surface area contributed by atoms with E-state index in [-0.39, 0.29) is 11.3 Å². The maximum atomic E-state index is 13.2. The van der Waals surface area contributed by atoms with Crippen molar-refractivity contribution in [3.8, 4) is 0 Å². The van der Waals surface area contributed by atoms with Crippen molar-refractivity contribution in [2.75, 3.05) is 0 Å². The number of benzene rings is 3. The smallest absolute Gasteiger partial charge is 0.270 e. The summed E-state index contributed by atoms with van der Waals surface area (Å²) in [5.41, 5.74) is 2.50. The lowest BCUT2D eigenvalue weighted by Crippen LogP contribution is -2.33. The minimum absolute atomic E-state index is 0.00887. The summed E-state index contributed by atoms with van der Waals surface area (Å²) >= 11 is 0. The zero-order chi connectivity index (χ0) is 20.0. The average molecular weight is 391 g/mol. The van der Waals surface area contributed by atoms with Crippen molar-refractivity contribution in [1.82, 2.24) is 4.31 Å². The van der Waals surface area contributed by atoms with E-state index in [0.717, 1.165) is 21.0 Å². The van der Waals surface area contributed by atoms with Crippen molar-refractivity contribution in [2.24, 2.45) is 0 Å². The van der Waals surface area contributed by atoms with Crippen LogP contribution in [0.2, 0.25) is 0 Å². The van der Waals surface area contributed by atoms with E-state index in [0.29, 0.717) is 0 Å². The van der Waals surface area contributed by atoms with Gasteiger partial charge in [-0.2, -0.15) is 0 Å². The number of rotatable bonds is 6. The molecular weight excluding hydrogens is 370 g/mol. The molecule has 0 aliphatic heterocycles. The lowest BCUT2D eigenvalue weighted by Gasteiger charge is -2.19. The fraction of sp³-hybridized carbons (Fsp3) is 0.0870. The Morgan fingerprint density at radius 3 is 2.04 bits per heavy atom. The SMILES string of the molecule is Cc1ccc(S(=O)(=O)N(/C=C/c2ccccc2)C(=O)Cc2ccccc2)cc1. The summed E-state index contributed by atoms with van der Waals surface area (Å²) < 4.78 is 27.1. The van der Waals surface area contributed by atoms with E-state index in [4.69, 9.17) is 0 Å². The first-order chi connectivity index (χ1) is 13.5. The maximum Gasteiger partial charge on any atom is 0.270 e. The summed E-state index contributed by atoms with van der Waals surface area (Å²) in [6.07, 6.45) is 2.94. The standard InChI is InChI=1S/C23H21NO3S/c1-19-12-14-22(15-13-19)28(26,27)24(17-16-20-8-4-2-5-9-20)23(25)18-21-10-6-3-7-11-21/h2-17H,18H2,1H3/b17-16+.